The predicted molar refractivity (Wildman–Crippen MR) is 74.5 cm³/mol. The van der Waals surface area contributed by atoms with Gasteiger partial charge < -0.3 is 14.9 Å². The van der Waals surface area contributed by atoms with Gasteiger partial charge in [0, 0.05) is 31.7 Å². The molecule has 0 bridgehead atoms. The van der Waals surface area contributed by atoms with Crippen LogP contribution in [-0.2, 0) is 4.79 Å². The van der Waals surface area contributed by atoms with E-state index in [9.17, 15) is 14.7 Å². The molecular formula is C12H14N4O3S. The zero-order valence-electron chi connectivity index (χ0n) is 10.9. The van der Waals surface area contributed by atoms with E-state index in [2.05, 4.69) is 4.98 Å². The van der Waals surface area contributed by atoms with Crippen LogP contribution in [0.3, 0.4) is 0 Å². The van der Waals surface area contributed by atoms with E-state index in [0.29, 0.717) is 23.9 Å². The molecule has 8 heteroatoms. The minimum absolute atomic E-state index is 0.0183. The minimum Gasteiger partial charge on any atom is -0.476 e. The lowest BCUT2D eigenvalue weighted by Gasteiger charge is -2.19. The van der Waals surface area contributed by atoms with Gasteiger partial charge in [-0.25, -0.2) is 9.78 Å². The van der Waals surface area contributed by atoms with Crippen molar-refractivity contribution in [3.63, 3.8) is 0 Å². The van der Waals surface area contributed by atoms with Gasteiger partial charge in [0.05, 0.1) is 6.54 Å². The summed E-state index contributed by atoms with van der Waals surface area (Å²) in [7, 11) is 1.76. The molecule has 0 radical (unpaired) electrons. The molecule has 2 aromatic heterocycles. The van der Waals surface area contributed by atoms with Crippen LogP contribution in [0, 0.1) is 0 Å². The molecule has 1 N–H and O–H groups in total. The molecule has 3 heterocycles. The van der Waals surface area contributed by atoms with Gasteiger partial charge in [-0.1, -0.05) is 0 Å². The molecule has 0 unspecified atom stereocenters. The van der Waals surface area contributed by atoms with Crippen molar-refractivity contribution >= 4 is 34.0 Å². The van der Waals surface area contributed by atoms with Crippen molar-refractivity contribution < 1.29 is 14.7 Å². The van der Waals surface area contributed by atoms with Crippen molar-refractivity contribution in [2.75, 3.05) is 31.6 Å². The maximum absolute atomic E-state index is 11.9. The summed E-state index contributed by atoms with van der Waals surface area (Å²) >= 11 is 1.38. The first-order valence-electron chi connectivity index (χ1n) is 6.25. The molecule has 0 aliphatic carbocycles. The summed E-state index contributed by atoms with van der Waals surface area (Å²) in [6, 6.07) is 0. The number of likely N-dealkylation sites (N-methyl/N-ethyl adjacent to an activating group) is 1. The molecule has 7 nitrogen and oxygen atoms in total. The van der Waals surface area contributed by atoms with Crippen LogP contribution in [0.25, 0.3) is 4.96 Å². The maximum Gasteiger partial charge on any atom is 0.356 e. The number of fused-ring (bicyclic) bond motifs is 1. The Morgan fingerprint density at radius 2 is 2.25 bits per heavy atom. The highest BCUT2D eigenvalue weighted by Gasteiger charge is 2.27. The fraction of sp³-hybridized carbons (Fsp3) is 0.417. The lowest BCUT2D eigenvalue weighted by molar-refractivity contribution is -0.127. The van der Waals surface area contributed by atoms with E-state index in [4.69, 9.17) is 0 Å². The number of rotatable bonds is 2. The smallest absolute Gasteiger partial charge is 0.356 e. The number of anilines is 1. The van der Waals surface area contributed by atoms with Crippen LogP contribution in [0.2, 0.25) is 0 Å². The van der Waals surface area contributed by atoms with E-state index in [0.717, 1.165) is 6.42 Å². The molecule has 0 spiro atoms. The summed E-state index contributed by atoms with van der Waals surface area (Å²) < 4.78 is 1.56. The second kappa shape index (κ2) is 4.78. The third kappa shape index (κ3) is 2.01. The lowest BCUT2D eigenvalue weighted by atomic mass is 10.3. The predicted octanol–water partition coefficient (Wildman–Crippen LogP) is 0.762. The summed E-state index contributed by atoms with van der Waals surface area (Å²) in [6.45, 7) is 1.47. The highest BCUT2D eigenvalue weighted by Crippen LogP contribution is 2.25. The van der Waals surface area contributed by atoms with Crippen molar-refractivity contribution in [3.8, 4) is 0 Å². The van der Waals surface area contributed by atoms with Crippen LogP contribution in [-0.4, -0.2) is 57.9 Å². The van der Waals surface area contributed by atoms with Crippen LogP contribution in [0.4, 0.5) is 5.82 Å². The van der Waals surface area contributed by atoms with Crippen molar-refractivity contribution in [2.45, 2.75) is 6.42 Å². The second-order valence-electron chi connectivity index (χ2n) is 4.74. The Hall–Kier alpha value is -2.09. The third-order valence-corrected chi connectivity index (χ3v) is 4.18. The normalized spacial score (nSPS) is 16.8. The Morgan fingerprint density at radius 1 is 1.45 bits per heavy atom. The zero-order valence-corrected chi connectivity index (χ0v) is 11.8. The number of thiazole rings is 1. The third-order valence-electron chi connectivity index (χ3n) is 3.42. The van der Waals surface area contributed by atoms with Gasteiger partial charge in [-0.05, 0) is 6.42 Å². The van der Waals surface area contributed by atoms with Crippen molar-refractivity contribution in [3.05, 3.63) is 17.3 Å². The average Bonchev–Trinajstić information content (AvgIpc) is 2.91. The van der Waals surface area contributed by atoms with Crippen LogP contribution in [0.15, 0.2) is 11.6 Å². The Morgan fingerprint density at radius 3 is 3.00 bits per heavy atom. The van der Waals surface area contributed by atoms with E-state index in [1.165, 1.54) is 11.3 Å². The summed E-state index contributed by atoms with van der Waals surface area (Å²) in [6.07, 6.45) is 2.48. The van der Waals surface area contributed by atoms with Gasteiger partial charge in [-0.15, -0.1) is 11.3 Å². The zero-order chi connectivity index (χ0) is 14.3. The number of carboxylic acid groups (broad SMARTS) is 1. The minimum atomic E-state index is -1.03. The Balaban J connectivity index is 2.04. The SMILES string of the molecule is CN1CCCN(c2nc3sccn3c2C(=O)O)CC1=O. The molecule has 1 amide bonds. The fourth-order valence-electron chi connectivity index (χ4n) is 2.36. The highest BCUT2D eigenvalue weighted by molar-refractivity contribution is 7.15. The van der Waals surface area contributed by atoms with Gasteiger partial charge in [-0.3, -0.25) is 9.20 Å². The topological polar surface area (TPSA) is 78.2 Å². The molecule has 1 aliphatic rings. The van der Waals surface area contributed by atoms with E-state index in [1.54, 1.807) is 32.8 Å². The molecule has 1 aliphatic heterocycles. The number of carbonyl (C=O) groups is 2. The van der Waals surface area contributed by atoms with Crippen molar-refractivity contribution in [1.82, 2.24) is 14.3 Å². The van der Waals surface area contributed by atoms with Crippen LogP contribution >= 0.6 is 11.3 Å². The number of aromatic nitrogens is 2. The number of hydrogen-bond donors (Lipinski definition) is 1. The standard InChI is InChI=1S/C12H14N4O3S/c1-14-3-2-4-15(7-8(14)17)10-9(11(18)19)16-5-6-20-12(16)13-10/h5-6H,2-4,7H2,1H3,(H,18,19). The monoisotopic (exact) mass is 294 g/mol. The molecular weight excluding hydrogens is 280 g/mol. The Bertz CT molecular complexity index is 677. The average molecular weight is 294 g/mol. The molecule has 2 aromatic rings. The summed E-state index contributed by atoms with van der Waals surface area (Å²) in [4.78, 5) is 31.9. The largest absolute Gasteiger partial charge is 0.476 e. The maximum atomic E-state index is 11.9. The number of imidazole rings is 1. The van der Waals surface area contributed by atoms with Crippen molar-refractivity contribution in [1.29, 1.82) is 0 Å². The van der Waals surface area contributed by atoms with Gasteiger partial charge in [0.25, 0.3) is 0 Å². The van der Waals surface area contributed by atoms with E-state index in [-0.39, 0.29) is 18.1 Å². The lowest BCUT2D eigenvalue weighted by Crippen LogP contribution is -2.35. The first-order chi connectivity index (χ1) is 9.58. The van der Waals surface area contributed by atoms with Gasteiger partial charge in [0.2, 0.25) is 5.91 Å². The van der Waals surface area contributed by atoms with Gasteiger partial charge in [0.15, 0.2) is 16.5 Å². The summed E-state index contributed by atoms with van der Waals surface area (Å²) in [5.41, 5.74) is 0.124. The summed E-state index contributed by atoms with van der Waals surface area (Å²) in [5.74, 6) is -0.667. The second-order valence-corrected chi connectivity index (χ2v) is 5.61. The van der Waals surface area contributed by atoms with Crippen LogP contribution in [0.5, 0.6) is 0 Å². The molecule has 20 heavy (non-hydrogen) atoms. The number of nitrogens with zero attached hydrogens (tertiary/aromatic N) is 4. The number of amides is 1. The van der Waals surface area contributed by atoms with Gasteiger partial charge in [-0.2, -0.15) is 0 Å². The Kier molecular flexibility index (Phi) is 3.09. The molecule has 1 fully saturated rings. The quantitative estimate of drug-likeness (QED) is 0.885. The highest BCUT2D eigenvalue weighted by atomic mass is 32.1. The first kappa shape index (κ1) is 12.9. The fourth-order valence-corrected chi connectivity index (χ4v) is 3.07. The molecule has 0 saturated carbocycles. The molecule has 106 valence electrons. The molecule has 1 saturated heterocycles. The number of hydrogen-bond acceptors (Lipinski definition) is 5. The first-order valence-corrected chi connectivity index (χ1v) is 7.13. The number of aromatic carboxylic acids is 1. The van der Waals surface area contributed by atoms with Crippen LogP contribution in [0.1, 0.15) is 16.9 Å². The molecule has 0 aromatic carbocycles. The van der Waals surface area contributed by atoms with Gasteiger partial charge in [0.1, 0.15) is 0 Å². The van der Waals surface area contributed by atoms with Gasteiger partial charge >= 0.3 is 5.97 Å². The van der Waals surface area contributed by atoms with Crippen molar-refractivity contribution in [2.24, 2.45) is 0 Å². The molecule has 3 rings (SSSR count). The van der Waals surface area contributed by atoms with E-state index in [1.807, 2.05) is 0 Å². The Labute approximate surface area is 119 Å². The number of carbonyl (C=O) groups excluding carboxylic acids is 1. The number of carboxylic acids is 1. The van der Waals surface area contributed by atoms with E-state index >= 15 is 0 Å². The van der Waals surface area contributed by atoms with E-state index < -0.39 is 5.97 Å². The summed E-state index contributed by atoms with van der Waals surface area (Å²) in [5, 5.41) is 11.2. The molecule has 0 atom stereocenters. The van der Waals surface area contributed by atoms with Crippen LogP contribution < -0.4 is 4.90 Å².